The number of nitrogens with one attached hydrogen (secondary N) is 3. The molecule has 0 radical (unpaired) electrons. The first-order valence-electron chi connectivity index (χ1n) is 7.19. The van der Waals surface area contributed by atoms with E-state index in [1.807, 2.05) is 6.07 Å². The molecule has 0 bridgehead atoms. The fourth-order valence-corrected chi connectivity index (χ4v) is 2.10. The van der Waals surface area contributed by atoms with E-state index in [4.69, 9.17) is 5.26 Å². The van der Waals surface area contributed by atoms with Gasteiger partial charge in [-0.1, -0.05) is 12.1 Å². The second-order valence-corrected chi connectivity index (χ2v) is 5.01. The summed E-state index contributed by atoms with van der Waals surface area (Å²) in [5.41, 5.74) is 0.776. The van der Waals surface area contributed by atoms with Gasteiger partial charge >= 0.3 is 6.03 Å². The number of anilines is 1. The van der Waals surface area contributed by atoms with E-state index in [-0.39, 0.29) is 5.56 Å². The van der Waals surface area contributed by atoms with Crippen molar-refractivity contribution in [3.8, 4) is 6.07 Å². The number of amides is 3. The van der Waals surface area contributed by atoms with Crippen molar-refractivity contribution >= 4 is 17.6 Å². The monoisotopic (exact) mass is 344 g/mol. The second kappa shape index (κ2) is 7.88. The van der Waals surface area contributed by atoms with Crippen LogP contribution in [0.3, 0.4) is 0 Å². The average molecular weight is 344 g/mol. The largest absolute Gasteiger partial charge is 0.357 e. The lowest BCUT2D eigenvalue weighted by Gasteiger charge is -2.18. The Hall–Kier alpha value is -3.47. The number of nitriles is 1. The van der Waals surface area contributed by atoms with E-state index in [1.165, 1.54) is 19.2 Å². The molecule has 0 aromatic heterocycles. The maximum atomic E-state index is 13.4. The number of urea groups is 1. The van der Waals surface area contributed by atoms with E-state index in [0.717, 1.165) is 12.1 Å². The van der Waals surface area contributed by atoms with Gasteiger partial charge in [-0.3, -0.25) is 4.79 Å². The van der Waals surface area contributed by atoms with Gasteiger partial charge in [-0.15, -0.1) is 0 Å². The number of carbonyl (C=O) groups excluding carboxylic acids is 2. The van der Waals surface area contributed by atoms with Crippen molar-refractivity contribution in [3.05, 3.63) is 65.2 Å². The highest BCUT2D eigenvalue weighted by Gasteiger charge is 2.23. The number of benzene rings is 2. The third-order valence-corrected chi connectivity index (χ3v) is 3.31. The van der Waals surface area contributed by atoms with Gasteiger partial charge in [-0.05, 0) is 35.9 Å². The van der Waals surface area contributed by atoms with Gasteiger partial charge in [0.25, 0.3) is 0 Å². The van der Waals surface area contributed by atoms with Gasteiger partial charge in [0.1, 0.15) is 6.04 Å². The third-order valence-electron chi connectivity index (χ3n) is 3.31. The molecule has 0 saturated heterocycles. The predicted octanol–water partition coefficient (Wildman–Crippen LogP) is 2.45. The lowest BCUT2D eigenvalue weighted by molar-refractivity contribution is -0.122. The number of rotatable bonds is 4. The fraction of sp³-hybridized carbons (Fsp3) is 0.118. The highest BCUT2D eigenvalue weighted by Crippen LogP contribution is 2.17. The van der Waals surface area contributed by atoms with Crippen LogP contribution in [0.4, 0.5) is 19.3 Å². The first-order chi connectivity index (χ1) is 11.9. The molecule has 25 heavy (non-hydrogen) atoms. The Kier molecular flexibility index (Phi) is 5.63. The highest BCUT2D eigenvalue weighted by molar-refractivity contribution is 5.94. The zero-order valence-corrected chi connectivity index (χ0v) is 13.1. The molecule has 6 nitrogen and oxygen atoms in total. The van der Waals surface area contributed by atoms with E-state index >= 15 is 0 Å². The molecule has 2 aromatic carbocycles. The Bertz CT molecular complexity index is 849. The number of hydrogen-bond acceptors (Lipinski definition) is 3. The highest BCUT2D eigenvalue weighted by atomic mass is 19.2. The van der Waals surface area contributed by atoms with E-state index in [2.05, 4.69) is 16.0 Å². The van der Waals surface area contributed by atoms with Crippen LogP contribution in [0.2, 0.25) is 0 Å². The molecule has 0 fully saturated rings. The average Bonchev–Trinajstić information content (AvgIpc) is 2.61. The first-order valence-corrected chi connectivity index (χ1v) is 7.19. The minimum atomic E-state index is -1.22. The summed E-state index contributed by atoms with van der Waals surface area (Å²) < 4.78 is 26.5. The Morgan fingerprint density at radius 3 is 2.52 bits per heavy atom. The van der Waals surface area contributed by atoms with E-state index in [1.54, 1.807) is 18.2 Å². The molecule has 0 aliphatic carbocycles. The van der Waals surface area contributed by atoms with E-state index in [9.17, 15) is 18.4 Å². The van der Waals surface area contributed by atoms with Crippen LogP contribution in [-0.2, 0) is 4.79 Å². The summed E-state index contributed by atoms with van der Waals surface area (Å²) in [6, 6.07) is 9.05. The van der Waals surface area contributed by atoms with E-state index in [0.29, 0.717) is 11.3 Å². The smallest absolute Gasteiger partial charge is 0.320 e. The molecule has 3 N–H and O–H groups in total. The van der Waals surface area contributed by atoms with Crippen LogP contribution in [0.15, 0.2) is 42.5 Å². The summed E-state index contributed by atoms with van der Waals surface area (Å²) in [7, 11) is 1.35. The molecule has 0 heterocycles. The minimum Gasteiger partial charge on any atom is -0.357 e. The Balaban J connectivity index is 2.18. The molecule has 2 rings (SSSR count). The topological polar surface area (TPSA) is 94.0 Å². The van der Waals surface area contributed by atoms with Crippen LogP contribution < -0.4 is 16.0 Å². The predicted molar refractivity (Wildman–Crippen MR) is 86.5 cm³/mol. The Morgan fingerprint density at radius 2 is 1.88 bits per heavy atom. The standard InChI is InChI=1S/C17H14F2N4O2/c1-21-16(24)15(11-5-6-13(18)14(19)8-11)23-17(25)22-12-4-2-3-10(7-12)9-20/h2-8,15H,1H3,(H,21,24)(H2,22,23,25). The van der Waals surface area contributed by atoms with Gasteiger partial charge in [0.2, 0.25) is 5.91 Å². The maximum Gasteiger partial charge on any atom is 0.320 e. The van der Waals surface area contributed by atoms with Crippen molar-refractivity contribution in [2.45, 2.75) is 6.04 Å². The van der Waals surface area contributed by atoms with Gasteiger partial charge < -0.3 is 16.0 Å². The molecule has 3 amide bonds. The zero-order valence-electron chi connectivity index (χ0n) is 13.1. The van der Waals surface area contributed by atoms with Crippen LogP contribution in [0, 0.1) is 23.0 Å². The fourth-order valence-electron chi connectivity index (χ4n) is 2.10. The van der Waals surface area contributed by atoms with E-state index < -0.39 is 29.6 Å². The van der Waals surface area contributed by atoms with Crippen LogP contribution in [0.1, 0.15) is 17.2 Å². The summed E-state index contributed by atoms with van der Waals surface area (Å²) >= 11 is 0. The summed E-state index contributed by atoms with van der Waals surface area (Å²) in [5, 5.41) is 16.0. The summed E-state index contributed by atoms with van der Waals surface area (Å²) in [6.07, 6.45) is 0. The van der Waals surface area contributed by atoms with Crippen LogP contribution >= 0.6 is 0 Å². The number of likely N-dealkylation sites (N-methyl/N-ethyl adjacent to an activating group) is 1. The number of nitrogens with zero attached hydrogens (tertiary/aromatic N) is 1. The van der Waals surface area contributed by atoms with Crippen molar-refractivity contribution < 1.29 is 18.4 Å². The van der Waals surface area contributed by atoms with Gasteiger partial charge in [-0.2, -0.15) is 5.26 Å². The first kappa shape index (κ1) is 17.9. The Labute approximate surface area is 142 Å². The third kappa shape index (κ3) is 4.51. The van der Waals surface area contributed by atoms with Crippen molar-refractivity contribution in [1.82, 2.24) is 10.6 Å². The van der Waals surface area contributed by atoms with Gasteiger partial charge in [0, 0.05) is 12.7 Å². The normalized spacial score (nSPS) is 11.1. The van der Waals surface area contributed by atoms with Gasteiger partial charge in [-0.25, -0.2) is 13.6 Å². The molecular formula is C17H14F2N4O2. The SMILES string of the molecule is CNC(=O)C(NC(=O)Nc1cccc(C#N)c1)c1ccc(F)c(F)c1. The quantitative estimate of drug-likeness (QED) is 0.795. The van der Waals surface area contributed by atoms with Crippen molar-refractivity contribution in [1.29, 1.82) is 5.26 Å². The molecule has 0 spiro atoms. The molecule has 0 saturated carbocycles. The summed E-state index contributed by atoms with van der Waals surface area (Å²) in [4.78, 5) is 24.1. The molecule has 2 aromatic rings. The van der Waals surface area contributed by atoms with Gasteiger partial charge in [0.05, 0.1) is 11.6 Å². The van der Waals surface area contributed by atoms with Crippen molar-refractivity contribution in [3.63, 3.8) is 0 Å². The molecule has 8 heteroatoms. The van der Waals surface area contributed by atoms with Crippen molar-refractivity contribution in [2.24, 2.45) is 0 Å². The number of carbonyl (C=O) groups is 2. The zero-order chi connectivity index (χ0) is 18.4. The minimum absolute atomic E-state index is 0.0826. The maximum absolute atomic E-state index is 13.4. The lowest BCUT2D eigenvalue weighted by atomic mass is 10.1. The molecular weight excluding hydrogens is 330 g/mol. The molecule has 128 valence electrons. The Morgan fingerprint density at radius 1 is 1.12 bits per heavy atom. The molecule has 0 aliphatic heterocycles. The molecule has 1 unspecified atom stereocenters. The van der Waals surface area contributed by atoms with Crippen LogP contribution in [0.5, 0.6) is 0 Å². The van der Waals surface area contributed by atoms with Crippen molar-refractivity contribution in [2.75, 3.05) is 12.4 Å². The number of halogens is 2. The molecule has 1 atom stereocenters. The van der Waals surface area contributed by atoms with Crippen LogP contribution in [0.25, 0.3) is 0 Å². The molecule has 0 aliphatic rings. The second-order valence-electron chi connectivity index (χ2n) is 5.01. The lowest BCUT2D eigenvalue weighted by Crippen LogP contribution is -2.41. The van der Waals surface area contributed by atoms with Crippen LogP contribution in [-0.4, -0.2) is 19.0 Å². The summed E-state index contributed by atoms with van der Waals surface area (Å²) in [6.45, 7) is 0. The summed E-state index contributed by atoms with van der Waals surface area (Å²) in [5.74, 6) is -2.79. The number of hydrogen-bond donors (Lipinski definition) is 3. The van der Waals surface area contributed by atoms with Gasteiger partial charge in [0.15, 0.2) is 11.6 Å².